The summed E-state index contributed by atoms with van der Waals surface area (Å²) in [6.45, 7) is 13.8. The Kier molecular flexibility index (Phi) is 9.78. The van der Waals surface area contributed by atoms with Crippen molar-refractivity contribution in [3.05, 3.63) is 36.4 Å². The van der Waals surface area contributed by atoms with Crippen molar-refractivity contribution in [3.63, 3.8) is 0 Å². The summed E-state index contributed by atoms with van der Waals surface area (Å²) in [7, 11) is -4.16. The zero-order valence-corrected chi connectivity index (χ0v) is 29.6. The van der Waals surface area contributed by atoms with E-state index in [0.29, 0.717) is 0 Å². The third kappa shape index (κ3) is 5.79. The van der Waals surface area contributed by atoms with Gasteiger partial charge in [-0.15, -0.1) is 9.97 Å². The number of fused-ring (bicyclic) bond motifs is 1. The largest absolute Gasteiger partial charge is 0.246 e. The van der Waals surface area contributed by atoms with Crippen LogP contribution in [0.3, 0.4) is 0 Å². The highest BCUT2D eigenvalue weighted by Gasteiger charge is 2.45. The molecule has 12 heteroatoms. The van der Waals surface area contributed by atoms with Crippen LogP contribution in [-0.2, 0) is 0 Å². The van der Waals surface area contributed by atoms with Gasteiger partial charge in [-0.3, -0.25) is 0 Å². The maximum atomic E-state index is 6.01. The van der Waals surface area contributed by atoms with Crippen molar-refractivity contribution in [1.29, 1.82) is 0 Å². The van der Waals surface area contributed by atoms with Crippen LogP contribution in [0.5, 0.6) is 0 Å². The van der Waals surface area contributed by atoms with E-state index in [1.165, 1.54) is 82.4 Å². The van der Waals surface area contributed by atoms with E-state index in [9.17, 15) is 0 Å². The zero-order chi connectivity index (χ0) is 30.8. The predicted molar refractivity (Wildman–Crippen MR) is 192 cm³/mol. The minimum atomic E-state index is -2.10. The number of hydrogen-bond donors (Lipinski definition) is 0. The molecule has 0 aliphatic carbocycles. The minimum Gasteiger partial charge on any atom is -0.246 e. The molecule has 6 saturated heterocycles. The van der Waals surface area contributed by atoms with Gasteiger partial charge in [-0.1, -0.05) is 24.3 Å². The first-order valence-corrected chi connectivity index (χ1v) is 21.7. The summed E-state index contributed by atoms with van der Waals surface area (Å²) >= 11 is 0. The lowest BCUT2D eigenvalue weighted by atomic mass is 10.1. The summed E-state index contributed by atoms with van der Waals surface area (Å²) in [5.74, 6) is 0. The Labute approximate surface area is 276 Å². The van der Waals surface area contributed by atoms with Crippen molar-refractivity contribution in [2.24, 2.45) is 19.9 Å². The smallest absolute Gasteiger partial charge is 0.195 e. The second kappa shape index (κ2) is 14.2. The maximum absolute atomic E-state index is 6.01. The van der Waals surface area contributed by atoms with Gasteiger partial charge in [0.2, 0.25) is 0 Å². The first kappa shape index (κ1) is 31.8. The van der Waals surface area contributed by atoms with Crippen LogP contribution in [0.1, 0.15) is 77.0 Å². The lowest BCUT2D eigenvalue weighted by Crippen LogP contribution is -2.38. The van der Waals surface area contributed by atoms with Crippen LogP contribution in [0, 0.1) is 0 Å². The Morgan fingerprint density at radius 1 is 0.413 bits per heavy atom. The molecular formula is C34H54N10P2. The van der Waals surface area contributed by atoms with Crippen molar-refractivity contribution in [3.8, 4) is 0 Å². The van der Waals surface area contributed by atoms with E-state index in [0.717, 1.165) is 95.3 Å². The third-order valence-corrected chi connectivity index (χ3v) is 18.9. The lowest BCUT2D eigenvalue weighted by molar-refractivity contribution is 0.382. The Bertz CT molecular complexity index is 1390. The molecule has 0 spiro atoms. The van der Waals surface area contributed by atoms with Crippen LogP contribution in [0.4, 0.5) is 11.4 Å². The summed E-state index contributed by atoms with van der Waals surface area (Å²) in [5.41, 5.74) is 2.00. The van der Waals surface area contributed by atoms with E-state index in [2.05, 4.69) is 64.4 Å². The molecule has 0 unspecified atom stereocenters. The molecule has 0 radical (unpaired) electrons. The van der Waals surface area contributed by atoms with Crippen LogP contribution in [-0.4, -0.2) is 107 Å². The molecule has 8 rings (SSSR count). The molecule has 10 nitrogen and oxygen atoms in total. The fourth-order valence-corrected chi connectivity index (χ4v) is 17.4. The van der Waals surface area contributed by atoms with Gasteiger partial charge < -0.3 is 0 Å². The van der Waals surface area contributed by atoms with Crippen LogP contribution in [0.25, 0.3) is 10.8 Å². The second-order valence-corrected chi connectivity index (χ2v) is 20.0. The normalized spacial score (nSPS) is 25.3. The van der Waals surface area contributed by atoms with Crippen LogP contribution in [0.15, 0.2) is 56.3 Å². The molecule has 250 valence electrons. The van der Waals surface area contributed by atoms with Gasteiger partial charge in [0.15, 0.2) is 15.0 Å². The van der Waals surface area contributed by atoms with E-state index in [1.807, 2.05) is 0 Å². The molecule has 46 heavy (non-hydrogen) atoms. The van der Waals surface area contributed by atoms with Crippen LogP contribution in [0.2, 0.25) is 0 Å². The molecule has 0 aromatic heterocycles. The second-order valence-electron chi connectivity index (χ2n) is 14.1. The van der Waals surface area contributed by atoms with Gasteiger partial charge in [-0.05, 0) is 99.8 Å². The van der Waals surface area contributed by atoms with E-state index >= 15 is 0 Å². The predicted octanol–water partition coefficient (Wildman–Crippen LogP) is 8.94. The molecular weight excluding hydrogens is 610 g/mol. The zero-order valence-electron chi connectivity index (χ0n) is 27.8. The van der Waals surface area contributed by atoms with Gasteiger partial charge in [-0.2, -0.15) is 0 Å². The first-order chi connectivity index (χ1) is 22.8. The van der Waals surface area contributed by atoms with Crippen molar-refractivity contribution < 1.29 is 0 Å². The summed E-state index contributed by atoms with van der Waals surface area (Å²) in [5, 5.41) is 12.2. The molecule has 6 aliphatic heterocycles. The van der Waals surface area contributed by atoms with Crippen molar-refractivity contribution in [2.45, 2.75) is 77.0 Å². The van der Waals surface area contributed by atoms with Crippen molar-refractivity contribution in [1.82, 2.24) is 28.0 Å². The fourth-order valence-electron chi connectivity index (χ4n) is 8.98. The summed E-state index contributed by atoms with van der Waals surface area (Å²) in [6.07, 6.45) is 15.3. The lowest BCUT2D eigenvalue weighted by Gasteiger charge is -2.45. The standard InChI is InChI=1S/C34H54N10P2/c1-2-20-39(19-1)45(40-21-3-4-22-40,41-23-5-6-24-41)36-33-18-14-16-31-15-13-17-32(34(31)33)35-37-38-46(42-25-7-8-26-42,43-27-9-10-28-43)44-29-11-12-30-44/h13-18H,1-12,19-30H2. The molecule has 6 heterocycles. The third-order valence-electron chi connectivity index (χ3n) is 11.2. The highest BCUT2D eigenvalue weighted by Crippen LogP contribution is 2.65. The van der Waals surface area contributed by atoms with Gasteiger partial charge >= 0.3 is 0 Å². The van der Waals surface area contributed by atoms with Crippen molar-refractivity contribution in [2.75, 3.05) is 78.5 Å². The van der Waals surface area contributed by atoms with Gasteiger partial charge in [0.05, 0.1) is 11.4 Å². The number of rotatable bonds is 9. The summed E-state index contributed by atoms with van der Waals surface area (Å²) in [6, 6.07) is 13.2. The van der Waals surface area contributed by atoms with Gasteiger partial charge in [0, 0.05) is 83.9 Å². The molecule has 0 atom stereocenters. The Balaban J connectivity index is 1.26. The highest BCUT2D eigenvalue weighted by molar-refractivity contribution is 7.59. The van der Waals surface area contributed by atoms with E-state index < -0.39 is 15.0 Å². The van der Waals surface area contributed by atoms with Gasteiger partial charge in [0.25, 0.3) is 0 Å². The molecule has 2 aromatic carbocycles. The Hall–Kier alpha value is -1.48. The summed E-state index contributed by atoms with van der Waals surface area (Å²) < 4.78 is 22.6. The topological polar surface area (TPSA) is 68.9 Å². The van der Waals surface area contributed by atoms with E-state index in [4.69, 9.17) is 19.9 Å². The molecule has 6 aliphatic rings. The van der Waals surface area contributed by atoms with Crippen molar-refractivity contribution >= 4 is 37.2 Å². The van der Waals surface area contributed by atoms with E-state index in [-0.39, 0.29) is 0 Å². The molecule has 0 N–H and O–H groups in total. The monoisotopic (exact) mass is 664 g/mol. The molecule has 6 fully saturated rings. The quantitative estimate of drug-likeness (QED) is 0.152. The molecule has 0 saturated carbocycles. The number of hydrogen-bond acceptors (Lipinski definition) is 2. The highest BCUT2D eigenvalue weighted by atomic mass is 31.2. The first-order valence-electron chi connectivity index (χ1n) is 18.5. The average molecular weight is 665 g/mol. The molecule has 2 aromatic rings. The van der Waals surface area contributed by atoms with Crippen LogP contribution >= 0.6 is 15.0 Å². The van der Waals surface area contributed by atoms with Gasteiger partial charge in [-0.25, -0.2) is 32.8 Å². The average Bonchev–Trinajstić information content (AvgIpc) is 3.94. The maximum Gasteiger partial charge on any atom is 0.195 e. The molecule has 0 bridgehead atoms. The Morgan fingerprint density at radius 2 is 0.761 bits per heavy atom. The van der Waals surface area contributed by atoms with Gasteiger partial charge in [0.1, 0.15) is 0 Å². The number of nitrogens with zero attached hydrogens (tertiary/aromatic N) is 10. The molecule has 0 amide bonds. The number of benzene rings is 2. The van der Waals surface area contributed by atoms with E-state index in [1.54, 1.807) is 0 Å². The summed E-state index contributed by atoms with van der Waals surface area (Å²) in [4.78, 5) is 5.40. The van der Waals surface area contributed by atoms with Crippen LogP contribution < -0.4 is 0 Å². The minimum absolute atomic E-state index is 0.908. The fraction of sp³-hybridized carbons (Fsp3) is 0.706. The Morgan fingerprint density at radius 3 is 1.15 bits per heavy atom. The SMILES string of the molecule is c1cc(N=NN=P(N2CCCC2)(N2CCCC2)N2CCCC2)c2c(N=P(N3CCCC3)(N3CCCC3)N3CCCC3)cccc2c1.